The van der Waals surface area contributed by atoms with E-state index in [0.29, 0.717) is 0 Å². The molecule has 1 atom stereocenters. The van der Waals surface area contributed by atoms with Crippen molar-refractivity contribution in [2.45, 2.75) is 13.0 Å². The van der Waals surface area contributed by atoms with Crippen molar-refractivity contribution in [1.82, 2.24) is 5.32 Å². The van der Waals surface area contributed by atoms with Gasteiger partial charge < -0.3 is 5.32 Å². The summed E-state index contributed by atoms with van der Waals surface area (Å²) in [5, 5.41) is 6.20. The average Bonchev–Trinajstić information content (AvgIpc) is 2.73. The fourth-order valence-corrected chi connectivity index (χ4v) is 2.32. The van der Waals surface area contributed by atoms with Gasteiger partial charge in [0.2, 0.25) is 0 Å². The zero-order valence-electron chi connectivity index (χ0n) is 8.78. The van der Waals surface area contributed by atoms with E-state index in [9.17, 15) is 4.79 Å². The van der Waals surface area contributed by atoms with E-state index in [0.717, 1.165) is 5.56 Å². The van der Waals surface area contributed by atoms with Gasteiger partial charge in [-0.3, -0.25) is 4.79 Å². The van der Waals surface area contributed by atoms with Crippen molar-refractivity contribution in [2.75, 3.05) is 7.05 Å². The lowest BCUT2D eigenvalue weighted by Crippen LogP contribution is -2.30. The molecule has 0 aliphatic rings. The molecule has 1 aromatic carbocycles. The molecule has 0 aliphatic heterocycles. The molecule has 0 saturated heterocycles. The Morgan fingerprint density at radius 3 is 2.93 bits per heavy atom. The number of carbonyl (C=O) groups is 1. The highest BCUT2D eigenvalue weighted by Crippen LogP contribution is 2.22. The van der Waals surface area contributed by atoms with Crippen molar-refractivity contribution in [2.24, 2.45) is 0 Å². The normalized spacial score (nSPS) is 12.9. The largest absolute Gasteiger partial charge is 0.310 e. The van der Waals surface area contributed by atoms with E-state index in [1.54, 1.807) is 18.4 Å². The first kappa shape index (κ1) is 10.3. The Balaban J connectivity index is 2.39. The van der Waals surface area contributed by atoms with Crippen LogP contribution in [0.25, 0.3) is 10.1 Å². The van der Waals surface area contributed by atoms with Gasteiger partial charge in [-0.15, -0.1) is 11.3 Å². The van der Waals surface area contributed by atoms with E-state index < -0.39 is 0 Å². The molecule has 2 rings (SSSR count). The second kappa shape index (κ2) is 4.13. The average molecular weight is 219 g/mol. The van der Waals surface area contributed by atoms with Crippen molar-refractivity contribution >= 4 is 27.2 Å². The molecule has 0 saturated carbocycles. The fourth-order valence-electron chi connectivity index (χ4n) is 1.49. The Morgan fingerprint density at radius 2 is 2.20 bits per heavy atom. The molecular formula is C12H13NOS. The summed E-state index contributed by atoms with van der Waals surface area (Å²) in [7, 11) is 1.80. The highest BCUT2D eigenvalue weighted by Gasteiger charge is 2.13. The topological polar surface area (TPSA) is 29.1 Å². The van der Waals surface area contributed by atoms with Gasteiger partial charge in [0.1, 0.15) is 0 Å². The van der Waals surface area contributed by atoms with Crippen molar-refractivity contribution in [1.29, 1.82) is 0 Å². The van der Waals surface area contributed by atoms with Gasteiger partial charge in [-0.1, -0.05) is 12.1 Å². The molecule has 78 valence electrons. The minimum atomic E-state index is -0.123. The van der Waals surface area contributed by atoms with E-state index in [1.807, 2.05) is 30.5 Å². The summed E-state index contributed by atoms with van der Waals surface area (Å²) in [6, 6.07) is 7.81. The predicted molar refractivity (Wildman–Crippen MR) is 64.7 cm³/mol. The Hall–Kier alpha value is -1.19. The SMILES string of the molecule is CNC(C)C(=O)c1ccc2ccsc2c1. The van der Waals surface area contributed by atoms with Crippen LogP contribution in [0.3, 0.4) is 0 Å². The van der Waals surface area contributed by atoms with Crippen LogP contribution in [0.15, 0.2) is 29.6 Å². The summed E-state index contributed by atoms with van der Waals surface area (Å²) in [4.78, 5) is 11.9. The van der Waals surface area contributed by atoms with Crippen LogP contribution in [-0.2, 0) is 0 Å². The molecule has 2 aromatic rings. The van der Waals surface area contributed by atoms with Crippen LogP contribution in [0.4, 0.5) is 0 Å². The molecule has 1 aromatic heterocycles. The molecule has 1 heterocycles. The molecule has 0 amide bonds. The van der Waals surface area contributed by atoms with E-state index in [2.05, 4.69) is 11.4 Å². The predicted octanol–water partition coefficient (Wildman–Crippen LogP) is 2.69. The molecule has 3 heteroatoms. The van der Waals surface area contributed by atoms with Crippen LogP contribution >= 0.6 is 11.3 Å². The van der Waals surface area contributed by atoms with Gasteiger partial charge in [-0.2, -0.15) is 0 Å². The van der Waals surface area contributed by atoms with Gasteiger partial charge in [0.15, 0.2) is 5.78 Å². The van der Waals surface area contributed by atoms with Gasteiger partial charge in [0.25, 0.3) is 0 Å². The summed E-state index contributed by atoms with van der Waals surface area (Å²) in [5.74, 6) is 0.146. The number of fused-ring (bicyclic) bond motifs is 1. The summed E-state index contributed by atoms with van der Waals surface area (Å²) in [5.41, 5.74) is 0.784. The monoisotopic (exact) mass is 219 g/mol. The molecule has 1 N–H and O–H groups in total. The number of hydrogen-bond donors (Lipinski definition) is 1. The smallest absolute Gasteiger partial charge is 0.179 e. The lowest BCUT2D eigenvalue weighted by atomic mass is 10.0. The highest BCUT2D eigenvalue weighted by atomic mass is 32.1. The van der Waals surface area contributed by atoms with E-state index >= 15 is 0 Å². The Bertz CT molecular complexity index is 489. The molecule has 0 spiro atoms. The molecule has 0 radical (unpaired) electrons. The molecular weight excluding hydrogens is 206 g/mol. The lowest BCUT2D eigenvalue weighted by Gasteiger charge is -2.08. The van der Waals surface area contributed by atoms with Crippen molar-refractivity contribution in [3.05, 3.63) is 35.2 Å². The second-order valence-electron chi connectivity index (χ2n) is 3.55. The maximum atomic E-state index is 11.9. The maximum absolute atomic E-state index is 11.9. The lowest BCUT2D eigenvalue weighted by molar-refractivity contribution is 0.0955. The third-order valence-corrected chi connectivity index (χ3v) is 3.45. The van der Waals surface area contributed by atoms with Crippen LogP contribution in [0, 0.1) is 0 Å². The van der Waals surface area contributed by atoms with Crippen LogP contribution < -0.4 is 5.32 Å². The third kappa shape index (κ3) is 1.94. The zero-order valence-corrected chi connectivity index (χ0v) is 9.60. The third-order valence-electron chi connectivity index (χ3n) is 2.57. The number of likely N-dealkylation sites (N-methyl/N-ethyl adjacent to an activating group) is 1. The number of hydrogen-bond acceptors (Lipinski definition) is 3. The zero-order chi connectivity index (χ0) is 10.8. The van der Waals surface area contributed by atoms with Crippen LogP contribution in [-0.4, -0.2) is 18.9 Å². The summed E-state index contributed by atoms with van der Waals surface area (Å²) in [6.45, 7) is 1.88. The summed E-state index contributed by atoms with van der Waals surface area (Å²) >= 11 is 1.67. The number of carbonyl (C=O) groups excluding carboxylic acids is 1. The molecule has 2 nitrogen and oxygen atoms in total. The molecule has 15 heavy (non-hydrogen) atoms. The second-order valence-corrected chi connectivity index (χ2v) is 4.50. The van der Waals surface area contributed by atoms with Gasteiger partial charge in [0, 0.05) is 10.3 Å². The highest BCUT2D eigenvalue weighted by molar-refractivity contribution is 7.17. The number of ketones is 1. The quantitative estimate of drug-likeness (QED) is 0.804. The first-order valence-electron chi connectivity index (χ1n) is 4.91. The molecule has 0 bridgehead atoms. The fraction of sp³-hybridized carbons (Fsp3) is 0.250. The van der Waals surface area contributed by atoms with Gasteiger partial charge in [-0.25, -0.2) is 0 Å². The number of thiophene rings is 1. The van der Waals surface area contributed by atoms with Crippen LogP contribution in [0.5, 0.6) is 0 Å². The van der Waals surface area contributed by atoms with E-state index in [1.165, 1.54) is 10.1 Å². The first-order valence-corrected chi connectivity index (χ1v) is 5.79. The van der Waals surface area contributed by atoms with Gasteiger partial charge in [-0.05, 0) is 36.9 Å². The minimum Gasteiger partial charge on any atom is -0.310 e. The van der Waals surface area contributed by atoms with Crippen molar-refractivity contribution in [3.8, 4) is 0 Å². The Kier molecular flexibility index (Phi) is 2.84. The van der Waals surface area contributed by atoms with Crippen LogP contribution in [0.2, 0.25) is 0 Å². The molecule has 1 unspecified atom stereocenters. The van der Waals surface area contributed by atoms with E-state index in [-0.39, 0.29) is 11.8 Å². The standard InChI is InChI=1S/C12H13NOS/c1-8(13-2)12(14)10-4-3-9-5-6-15-11(9)7-10/h3-8,13H,1-2H3. The Labute approximate surface area is 92.9 Å². The number of nitrogens with one attached hydrogen (secondary N) is 1. The maximum Gasteiger partial charge on any atom is 0.179 e. The number of Topliss-reactive ketones (excluding diaryl/α,β-unsaturated/α-hetero) is 1. The summed E-state index contributed by atoms with van der Waals surface area (Å²) < 4.78 is 1.17. The van der Waals surface area contributed by atoms with Crippen LogP contribution in [0.1, 0.15) is 17.3 Å². The molecule has 0 aliphatic carbocycles. The molecule has 0 fully saturated rings. The number of benzene rings is 1. The Morgan fingerprint density at radius 1 is 1.40 bits per heavy atom. The first-order chi connectivity index (χ1) is 7.22. The van der Waals surface area contributed by atoms with Gasteiger partial charge in [0.05, 0.1) is 6.04 Å². The van der Waals surface area contributed by atoms with Gasteiger partial charge >= 0.3 is 0 Å². The van der Waals surface area contributed by atoms with E-state index in [4.69, 9.17) is 0 Å². The van der Waals surface area contributed by atoms with Crippen molar-refractivity contribution < 1.29 is 4.79 Å². The van der Waals surface area contributed by atoms with Crippen molar-refractivity contribution in [3.63, 3.8) is 0 Å². The summed E-state index contributed by atoms with van der Waals surface area (Å²) in [6.07, 6.45) is 0. The minimum absolute atomic E-state index is 0.123. The number of rotatable bonds is 3.